The minimum Gasteiger partial charge on any atom is -0.445 e. The predicted molar refractivity (Wildman–Crippen MR) is 144 cm³/mol. The van der Waals surface area contributed by atoms with Crippen molar-refractivity contribution in [1.82, 2.24) is 26.3 Å². The van der Waals surface area contributed by atoms with Crippen LogP contribution in [-0.2, 0) is 43.5 Å². The molecule has 4 N–H and O–H groups in total. The Morgan fingerprint density at radius 2 is 1.69 bits per heavy atom. The first kappa shape index (κ1) is 29.8. The number of ether oxygens (including phenoxy) is 1. The van der Waals surface area contributed by atoms with E-state index in [2.05, 4.69) is 26.3 Å². The van der Waals surface area contributed by atoms with Crippen LogP contribution in [0.1, 0.15) is 50.3 Å². The summed E-state index contributed by atoms with van der Waals surface area (Å²) in [6, 6.07) is 6.09. The number of hydrogen-bond acceptors (Lipinski definition) is 8. The molecule has 3 atom stereocenters. The van der Waals surface area contributed by atoms with Gasteiger partial charge in [-0.2, -0.15) is 0 Å². The maximum Gasteiger partial charge on any atom is 0.408 e. The second-order valence-corrected chi connectivity index (χ2v) is 11.0. The van der Waals surface area contributed by atoms with Crippen molar-refractivity contribution in [3.8, 4) is 0 Å². The first-order valence-corrected chi connectivity index (χ1v) is 13.8. The van der Waals surface area contributed by atoms with Gasteiger partial charge >= 0.3 is 6.09 Å². The van der Waals surface area contributed by atoms with Crippen molar-refractivity contribution >= 4 is 40.9 Å². The van der Waals surface area contributed by atoms with Gasteiger partial charge in [-0.15, -0.1) is 11.3 Å². The Hall–Kier alpha value is -3.80. The maximum atomic E-state index is 13.3. The summed E-state index contributed by atoms with van der Waals surface area (Å²) in [5.74, 6) is -3.37. The third-order valence-electron chi connectivity index (χ3n) is 6.34. The molecule has 2 aromatic rings. The molecule has 12 heteroatoms. The number of benzene rings is 1. The smallest absolute Gasteiger partial charge is 0.408 e. The van der Waals surface area contributed by atoms with Crippen LogP contribution in [0.15, 0.2) is 35.8 Å². The van der Waals surface area contributed by atoms with E-state index in [0.29, 0.717) is 12.1 Å². The first-order chi connectivity index (χ1) is 18.6. The fraction of sp³-hybridized carbons (Fsp3) is 0.481. The average molecular weight is 558 g/mol. The van der Waals surface area contributed by atoms with Crippen LogP contribution in [-0.4, -0.2) is 52.7 Å². The second-order valence-electron chi connectivity index (χ2n) is 10.0. The Bertz CT molecular complexity index is 1180. The van der Waals surface area contributed by atoms with Crippen molar-refractivity contribution in [3.05, 3.63) is 52.0 Å². The fourth-order valence-corrected chi connectivity index (χ4v) is 4.86. The number of ketones is 1. The van der Waals surface area contributed by atoms with Crippen LogP contribution < -0.4 is 21.3 Å². The molecule has 1 aliphatic heterocycles. The fourth-order valence-electron chi connectivity index (χ4n) is 4.06. The van der Waals surface area contributed by atoms with E-state index in [1.54, 1.807) is 33.2 Å². The number of aryl methyl sites for hydroxylation is 1. The van der Waals surface area contributed by atoms with Gasteiger partial charge in [0.1, 0.15) is 18.7 Å². The van der Waals surface area contributed by atoms with E-state index in [4.69, 9.17) is 4.74 Å². The van der Waals surface area contributed by atoms with Gasteiger partial charge < -0.3 is 26.0 Å². The standard InChI is InChI=1S/C27H35N5O6S/c1-15(2)21(24(34)30-18-10-11-20-19(29-14-39-20)12-28-26(36)23(18)33)31-25(35)22(16(3)4)32-27(37)38-13-17-8-6-5-7-9-17/h5-9,14-16,18,21-22H,10-13H2,1-4H3,(H,28,36)(H,30,34)(H,31,35)(H,32,37). The summed E-state index contributed by atoms with van der Waals surface area (Å²) in [6.45, 7) is 7.20. The predicted octanol–water partition coefficient (Wildman–Crippen LogP) is 1.85. The van der Waals surface area contributed by atoms with Gasteiger partial charge in [0.2, 0.25) is 17.6 Å². The van der Waals surface area contributed by atoms with E-state index in [1.807, 2.05) is 30.3 Å². The molecule has 3 rings (SSSR count). The van der Waals surface area contributed by atoms with E-state index in [0.717, 1.165) is 10.4 Å². The van der Waals surface area contributed by atoms with Crippen molar-refractivity contribution in [3.63, 3.8) is 0 Å². The van der Waals surface area contributed by atoms with Crippen LogP contribution in [0.25, 0.3) is 0 Å². The summed E-state index contributed by atoms with van der Waals surface area (Å²) in [7, 11) is 0. The molecule has 1 aromatic heterocycles. The lowest BCUT2D eigenvalue weighted by molar-refractivity contribution is -0.140. The molecule has 4 amide bonds. The molecular formula is C27H35N5O6S. The second kappa shape index (κ2) is 13.8. The number of aromatic nitrogens is 1. The first-order valence-electron chi connectivity index (χ1n) is 12.9. The lowest BCUT2D eigenvalue weighted by Gasteiger charge is -2.28. The molecule has 3 unspecified atom stereocenters. The molecule has 0 bridgehead atoms. The zero-order chi connectivity index (χ0) is 28.5. The van der Waals surface area contributed by atoms with E-state index in [9.17, 15) is 24.0 Å². The average Bonchev–Trinajstić information content (AvgIpc) is 3.37. The largest absolute Gasteiger partial charge is 0.445 e. The van der Waals surface area contributed by atoms with Crippen molar-refractivity contribution in [1.29, 1.82) is 0 Å². The highest BCUT2D eigenvalue weighted by Crippen LogP contribution is 2.18. The molecule has 1 aliphatic rings. The van der Waals surface area contributed by atoms with E-state index < -0.39 is 47.7 Å². The van der Waals surface area contributed by atoms with Crippen molar-refractivity contribution < 1.29 is 28.7 Å². The Balaban J connectivity index is 1.64. The minimum absolute atomic E-state index is 0.0438. The number of Topliss-reactive ketones (excluding diaryl/α,β-unsaturated/α-hetero) is 1. The molecule has 210 valence electrons. The quantitative estimate of drug-likeness (QED) is 0.343. The summed E-state index contributed by atoms with van der Waals surface area (Å²) in [4.78, 5) is 69.1. The summed E-state index contributed by atoms with van der Waals surface area (Å²) in [5, 5.41) is 10.5. The zero-order valence-corrected chi connectivity index (χ0v) is 23.3. The molecule has 39 heavy (non-hydrogen) atoms. The Morgan fingerprint density at radius 1 is 1.03 bits per heavy atom. The van der Waals surface area contributed by atoms with Gasteiger partial charge in [-0.05, 0) is 30.2 Å². The van der Waals surface area contributed by atoms with Crippen LogP contribution in [0.3, 0.4) is 0 Å². The highest BCUT2D eigenvalue weighted by molar-refractivity contribution is 7.09. The Morgan fingerprint density at radius 3 is 2.36 bits per heavy atom. The van der Waals surface area contributed by atoms with Crippen LogP contribution in [0.4, 0.5) is 4.79 Å². The van der Waals surface area contributed by atoms with Crippen LogP contribution in [0, 0.1) is 11.8 Å². The number of alkyl carbamates (subject to hydrolysis) is 1. The van der Waals surface area contributed by atoms with E-state index in [1.165, 1.54) is 11.3 Å². The van der Waals surface area contributed by atoms with Gasteiger partial charge in [-0.3, -0.25) is 19.2 Å². The summed E-state index contributed by atoms with van der Waals surface area (Å²) >= 11 is 1.42. The number of carbonyl (C=O) groups is 5. The lowest BCUT2D eigenvalue weighted by Crippen LogP contribution is -2.59. The Kier molecular flexibility index (Phi) is 10.6. The molecule has 0 aliphatic carbocycles. The summed E-state index contributed by atoms with van der Waals surface area (Å²) < 4.78 is 5.24. The van der Waals surface area contributed by atoms with Gasteiger partial charge in [0, 0.05) is 4.88 Å². The molecule has 0 spiro atoms. The third-order valence-corrected chi connectivity index (χ3v) is 7.28. The molecule has 1 aromatic carbocycles. The van der Waals surface area contributed by atoms with Crippen molar-refractivity contribution in [2.45, 2.75) is 71.8 Å². The monoisotopic (exact) mass is 557 g/mol. The van der Waals surface area contributed by atoms with Crippen LogP contribution in [0.2, 0.25) is 0 Å². The maximum absolute atomic E-state index is 13.3. The molecule has 0 saturated heterocycles. The number of fused-ring (bicyclic) bond motifs is 1. The van der Waals surface area contributed by atoms with E-state index in [-0.39, 0.29) is 31.4 Å². The number of amides is 4. The molecule has 0 fully saturated rings. The van der Waals surface area contributed by atoms with Gasteiger partial charge in [-0.1, -0.05) is 58.0 Å². The molecule has 11 nitrogen and oxygen atoms in total. The number of thiazole rings is 1. The number of nitrogens with zero attached hydrogens (tertiary/aromatic N) is 1. The molecular weight excluding hydrogens is 522 g/mol. The topological polar surface area (TPSA) is 156 Å². The van der Waals surface area contributed by atoms with Crippen LogP contribution in [0.5, 0.6) is 0 Å². The highest BCUT2D eigenvalue weighted by Gasteiger charge is 2.34. The molecule has 0 saturated carbocycles. The minimum atomic E-state index is -1.06. The summed E-state index contributed by atoms with van der Waals surface area (Å²) in [5.41, 5.74) is 3.18. The van der Waals surface area contributed by atoms with Gasteiger partial charge in [0.05, 0.1) is 23.8 Å². The molecule has 2 heterocycles. The Labute approximate surface area is 231 Å². The van der Waals surface area contributed by atoms with Gasteiger partial charge in [0.15, 0.2) is 0 Å². The lowest BCUT2D eigenvalue weighted by atomic mass is 9.98. The number of nitrogens with one attached hydrogen (secondary N) is 4. The van der Waals surface area contributed by atoms with Crippen LogP contribution >= 0.6 is 11.3 Å². The SMILES string of the molecule is CC(C)C(NC(=O)OCc1ccccc1)C(=O)NC(C(=O)NC1CCc2scnc2CNC(=O)C1=O)C(C)C. The van der Waals surface area contributed by atoms with Crippen molar-refractivity contribution in [2.75, 3.05) is 0 Å². The van der Waals surface area contributed by atoms with Gasteiger partial charge in [0.25, 0.3) is 5.91 Å². The number of rotatable bonds is 9. The normalized spacial score (nSPS) is 17.1. The zero-order valence-electron chi connectivity index (χ0n) is 22.5. The number of carbonyl (C=O) groups excluding carboxylic acids is 5. The number of hydrogen-bond donors (Lipinski definition) is 4. The van der Waals surface area contributed by atoms with E-state index >= 15 is 0 Å². The third kappa shape index (κ3) is 8.34. The van der Waals surface area contributed by atoms with Gasteiger partial charge in [-0.25, -0.2) is 9.78 Å². The highest BCUT2D eigenvalue weighted by atomic mass is 32.1. The van der Waals surface area contributed by atoms with Crippen molar-refractivity contribution in [2.24, 2.45) is 11.8 Å². The molecule has 0 radical (unpaired) electrons. The summed E-state index contributed by atoms with van der Waals surface area (Å²) in [6.07, 6.45) is -0.0765.